The number of carbonyl (C=O) groups is 3. The van der Waals surface area contributed by atoms with Gasteiger partial charge >= 0.3 is 17.9 Å². The molecule has 0 aliphatic rings. The van der Waals surface area contributed by atoms with Crippen LogP contribution in [-0.2, 0) is 23.9 Å². The molecule has 0 heterocycles. The Morgan fingerprint density at radius 1 is 1.22 bits per heavy atom. The molecule has 0 spiro atoms. The normalized spacial score (nSPS) is 12.7. The molecule has 0 aliphatic carbocycles. The number of esters is 2. The van der Waals surface area contributed by atoms with Crippen molar-refractivity contribution in [3.05, 3.63) is 0 Å². The van der Waals surface area contributed by atoms with Crippen LogP contribution >= 0.6 is 0 Å². The lowest BCUT2D eigenvalue weighted by atomic mass is 9.99. The summed E-state index contributed by atoms with van der Waals surface area (Å²) in [6.45, 7) is 5.15. The molecule has 1 atom stereocenters. The molecule has 0 amide bonds. The van der Waals surface area contributed by atoms with Crippen LogP contribution in [0.4, 0.5) is 0 Å². The van der Waals surface area contributed by atoms with Gasteiger partial charge in [0.15, 0.2) is 0 Å². The van der Waals surface area contributed by atoms with Crippen LogP contribution in [0, 0.1) is 5.92 Å². The van der Waals surface area contributed by atoms with Gasteiger partial charge in [-0.1, -0.05) is 0 Å². The highest BCUT2D eigenvalue weighted by molar-refractivity contribution is 5.80. The molecule has 0 aromatic heterocycles. The van der Waals surface area contributed by atoms with Gasteiger partial charge in [0.2, 0.25) is 0 Å². The lowest BCUT2D eigenvalue weighted by Gasteiger charge is -2.21. The third kappa shape index (κ3) is 7.65. The van der Waals surface area contributed by atoms with E-state index in [0.29, 0.717) is 0 Å². The number of carboxylic acids is 1. The summed E-state index contributed by atoms with van der Waals surface area (Å²) in [6.07, 6.45) is -0.305. The maximum atomic E-state index is 11.6. The largest absolute Gasteiger partial charge is 0.481 e. The molecule has 0 unspecified atom stereocenters. The van der Waals surface area contributed by atoms with Gasteiger partial charge in [0, 0.05) is 6.42 Å². The van der Waals surface area contributed by atoms with Crippen LogP contribution in [0.15, 0.2) is 0 Å². The molecule has 0 fully saturated rings. The fourth-order valence-electron chi connectivity index (χ4n) is 1.35. The van der Waals surface area contributed by atoms with E-state index in [2.05, 4.69) is 4.74 Å². The summed E-state index contributed by atoms with van der Waals surface area (Å²) >= 11 is 0. The molecule has 18 heavy (non-hydrogen) atoms. The number of rotatable bonds is 6. The summed E-state index contributed by atoms with van der Waals surface area (Å²) < 4.78 is 9.61. The van der Waals surface area contributed by atoms with E-state index in [1.807, 2.05) is 0 Å². The lowest BCUT2D eigenvalue weighted by molar-refractivity contribution is -0.161. The SMILES string of the molecule is COC(=O)[C@H](CCC(=O)O)CC(=O)OC(C)(C)C. The van der Waals surface area contributed by atoms with Gasteiger partial charge in [-0.25, -0.2) is 0 Å². The molecule has 0 bridgehead atoms. The maximum Gasteiger partial charge on any atom is 0.309 e. The number of carbonyl (C=O) groups excluding carboxylic acids is 2. The van der Waals surface area contributed by atoms with Crippen molar-refractivity contribution in [1.82, 2.24) is 0 Å². The molecule has 1 N–H and O–H groups in total. The van der Waals surface area contributed by atoms with E-state index in [4.69, 9.17) is 9.84 Å². The molecule has 0 aromatic rings. The van der Waals surface area contributed by atoms with Gasteiger partial charge in [0.05, 0.1) is 19.4 Å². The quantitative estimate of drug-likeness (QED) is 0.725. The second-order valence-electron chi connectivity index (χ2n) is 4.94. The van der Waals surface area contributed by atoms with Gasteiger partial charge in [-0.05, 0) is 27.2 Å². The lowest BCUT2D eigenvalue weighted by Crippen LogP contribution is -2.28. The van der Waals surface area contributed by atoms with Crippen molar-refractivity contribution in [2.75, 3.05) is 7.11 Å². The van der Waals surface area contributed by atoms with Gasteiger partial charge in [0.1, 0.15) is 5.60 Å². The third-order valence-corrected chi connectivity index (χ3v) is 2.07. The average Bonchev–Trinajstić information content (AvgIpc) is 2.20. The Labute approximate surface area is 106 Å². The molecule has 0 rings (SSSR count). The summed E-state index contributed by atoms with van der Waals surface area (Å²) in [6, 6.07) is 0. The van der Waals surface area contributed by atoms with E-state index < -0.39 is 29.4 Å². The Kier molecular flexibility index (Phi) is 6.36. The molecule has 0 aromatic carbocycles. The summed E-state index contributed by atoms with van der Waals surface area (Å²) in [5.41, 5.74) is -0.634. The first-order chi connectivity index (χ1) is 8.15. The van der Waals surface area contributed by atoms with Gasteiger partial charge in [0.25, 0.3) is 0 Å². The minimum Gasteiger partial charge on any atom is -0.481 e. The summed E-state index contributed by atoms with van der Waals surface area (Å²) in [4.78, 5) is 33.4. The van der Waals surface area contributed by atoms with E-state index >= 15 is 0 Å². The summed E-state index contributed by atoms with van der Waals surface area (Å²) in [7, 11) is 1.20. The van der Waals surface area contributed by atoms with Crippen molar-refractivity contribution in [2.24, 2.45) is 5.92 Å². The number of ether oxygens (including phenoxy) is 2. The zero-order valence-electron chi connectivity index (χ0n) is 11.2. The number of hydrogen-bond acceptors (Lipinski definition) is 5. The van der Waals surface area contributed by atoms with Crippen LogP contribution in [0.1, 0.15) is 40.0 Å². The van der Waals surface area contributed by atoms with Crippen LogP contribution < -0.4 is 0 Å². The summed E-state index contributed by atoms with van der Waals surface area (Å²) in [5, 5.41) is 8.57. The fourth-order valence-corrected chi connectivity index (χ4v) is 1.35. The van der Waals surface area contributed by atoms with Gasteiger partial charge < -0.3 is 14.6 Å². The first-order valence-corrected chi connectivity index (χ1v) is 5.67. The van der Waals surface area contributed by atoms with Crippen molar-refractivity contribution in [3.8, 4) is 0 Å². The van der Waals surface area contributed by atoms with Crippen molar-refractivity contribution < 1.29 is 29.0 Å². The zero-order valence-corrected chi connectivity index (χ0v) is 11.2. The van der Waals surface area contributed by atoms with E-state index in [-0.39, 0.29) is 19.3 Å². The van der Waals surface area contributed by atoms with Crippen molar-refractivity contribution in [1.29, 1.82) is 0 Å². The van der Waals surface area contributed by atoms with E-state index in [9.17, 15) is 14.4 Å². The Morgan fingerprint density at radius 2 is 1.78 bits per heavy atom. The third-order valence-electron chi connectivity index (χ3n) is 2.07. The Morgan fingerprint density at radius 3 is 2.17 bits per heavy atom. The van der Waals surface area contributed by atoms with Crippen LogP contribution in [-0.4, -0.2) is 35.7 Å². The van der Waals surface area contributed by atoms with Crippen molar-refractivity contribution in [3.63, 3.8) is 0 Å². The minimum atomic E-state index is -1.02. The van der Waals surface area contributed by atoms with Gasteiger partial charge in [-0.15, -0.1) is 0 Å². The first kappa shape index (κ1) is 16.4. The average molecular weight is 260 g/mol. The molecule has 104 valence electrons. The van der Waals surface area contributed by atoms with Crippen LogP contribution in [0.25, 0.3) is 0 Å². The summed E-state index contributed by atoms with van der Waals surface area (Å²) in [5.74, 6) is -2.93. The molecule has 0 radical (unpaired) electrons. The number of methoxy groups -OCH3 is 1. The van der Waals surface area contributed by atoms with E-state index in [1.54, 1.807) is 20.8 Å². The highest BCUT2D eigenvalue weighted by Crippen LogP contribution is 2.17. The predicted octanol–water partition coefficient (Wildman–Crippen LogP) is 1.37. The molecular weight excluding hydrogens is 240 g/mol. The molecule has 0 saturated carbocycles. The van der Waals surface area contributed by atoms with E-state index in [1.165, 1.54) is 7.11 Å². The molecule has 0 saturated heterocycles. The molecule has 6 nitrogen and oxygen atoms in total. The number of carboxylic acid groups (broad SMARTS) is 1. The van der Waals surface area contributed by atoms with Crippen molar-refractivity contribution in [2.45, 2.75) is 45.6 Å². The minimum absolute atomic E-state index is 0.0568. The second kappa shape index (κ2) is 6.98. The van der Waals surface area contributed by atoms with Crippen LogP contribution in [0.5, 0.6) is 0 Å². The van der Waals surface area contributed by atoms with Gasteiger partial charge in [-0.3, -0.25) is 14.4 Å². The van der Waals surface area contributed by atoms with Gasteiger partial charge in [-0.2, -0.15) is 0 Å². The molecule has 6 heteroatoms. The molecule has 0 aliphatic heterocycles. The predicted molar refractivity (Wildman–Crippen MR) is 62.8 cm³/mol. The van der Waals surface area contributed by atoms with Crippen LogP contribution in [0.2, 0.25) is 0 Å². The number of hydrogen-bond donors (Lipinski definition) is 1. The standard InChI is InChI=1S/C12H20O6/c1-12(2,3)18-10(15)7-8(11(16)17-4)5-6-9(13)14/h8H,5-7H2,1-4H3,(H,13,14)/t8-/m1/s1. The highest BCUT2D eigenvalue weighted by atomic mass is 16.6. The maximum absolute atomic E-state index is 11.6. The zero-order chi connectivity index (χ0) is 14.3. The Bertz CT molecular complexity index is 315. The van der Waals surface area contributed by atoms with E-state index in [0.717, 1.165) is 0 Å². The topological polar surface area (TPSA) is 89.9 Å². The number of aliphatic carboxylic acids is 1. The Hall–Kier alpha value is -1.59. The van der Waals surface area contributed by atoms with Crippen molar-refractivity contribution >= 4 is 17.9 Å². The Balaban J connectivity index is 4.45. The molecular formula is C12H20O6. The smallest absolute Gasteiger partial charge is 0.309 e. The van der Waals surface area contributed by atoms with Crippen LogP contribution in [0.3, 0.4) is 0 Å². The second-order valence-corrected chi connectivity index (χ2v) is 4.94. The monoisotopic (exact) mass is 260 g/mol. The highest BCUT2D eigenvalue weighted by Gasteiger charge is 2.26. The fraction of sp³-hybridized carbons (Fsp3) is 0.750. The first-order valence-electron chi connectivity index (χ1n) is 5.67.